The number of nitrogens with zero attached hydrogens (tertiary/aromatic N) is 2. The highest BCUT2D eigenvalue weighted by Crippen LogP contribution is 2.38. The summed E-state index contributed by atoms with van der Waals surface area (Å²) in [5.41, 5.74) is 4.49. The third kappa shape index (κ3) is 4.65. The summed E-state index contributed by atoms with van der Waals surface area (Å²) in [7, 11) is 4.66. The molecule has 0 radical (unpaired) electrons. The fourth-order valence-electron chi connectivity index (χ4n) is 3.71. The van der Waals surface area contributed by atoms with E-state index in [0.29, 0.717) is 35.9 Å². The third-order valence-corrected chi connectivity index (χ3v) is 5.47. The van der Waals surface area contributed by atoms with Gasteiger partial charge < -0.3 is 19.1 Å². The van der Waals surface area contributed by atoms with Crippen LogP contribution in [0.4, 0.5) is 0 Å². The molecular weight excluding hydrogens is 368 g/mol. The Hall–Kier alpha value is -2.73. The molecule has 2 aromatic carbocycles. The predicted octanol–water partition coefficient (Wildman–Crippen LogP) is 3.29. The zero-order valence-corrected chi connectivity index (χ0v) is 17.9. The van der Waals surface area contributed by atoms with E-state index in [-0.39, 0.29) is 5.91 Å². The van der Waals surface area contributed by atoms with Gasteiger partial charge in [-0.05, 0) is 37.1 Å². The number of aryl methyl sites for hydroxylation is 2. The molecule has 1 amide bonds. The number of hydrogen-bond donors (Lipinski definition) is 0. The van der Waals surface area contributed by atoms with Crippen molar-refractivity contribution >= 4 is 5.91 Å². The number of methoxy groups -OCH3 is 3. The van der Waals surface area contributed by atoms with Gasteiger partial charge in [-0.25, -0.2) is 0 Å². The van der Waals surface area contributed by atoms with E-state index in [0.717, 1.165) is 19.6 Å². The lowest BCUT2D eigenvalue weighted by Crippen LogP contribution is -2.48. The summed E-state index contributed by atoms with van der Waals surface area (Å²) in [6.45, 7) is 8.28. The van der Waals surface area contributed by atoms with Crippen LogP contribution in [-0.2, 0) is 6.54 Å². The summed E-state index contributed by atoms with van der Waals surface area (Å²) in [4.78, 5) is 17.3. The Morgan fingerprint density at radius 3 is 2.07 bits per heavy atom. The highest BCUT2D eigenvalue weighted by molar-refractivity contribution is 5.95. The van der Waals surface area contributed by atoms with Crippen molar-refractivity contribution in [2.75, 3.05) is 47.5 Å². The lowest BCUT2D eigenvalue weighted by molar-refractivity contribution is 0.0627. The van der Waals surface area contributed by atoms with Gasteiger partial charge in [0.2, 0.25) is 5.75 Å². The average Bonchev–Trinajstić information content (AvgIpc) is 2.75. The van der Waals surface area contributed by atoms with Gasteiger partial charge in [-0.3, -0.25) is 9.69 Å². The maximum absolute atomic E-state index is 13.1. The van der Waals surface area contributed by atoms with Crippen LogP contribution in [0.1, 0.15) is 27.0 Å². The molecule has 0 saturated carbocycles. The van der Waals surface area contributed by atoms with Crippen molar-refractivity contribution in [2.45, 2.75) is 20.4 Å². The van der Waals surface area contributed by atoms with Crippen LogP contribution in [-0.4, -0.2) is 63.2 Å². The Bertz CT molecular complexity index is 848. The molecule has 0 aromatic heterocycles. The molecule has 0 aliphatic carbocycles. The van der Waals surface area contributed by atoms with Crippen LogP contribution < -0.4 is 14.2 Å². The first kappa shape index (κ1) is 21.0. The minimum atomic E-state index is -0.0179. The first-order valence-electron chi connectivity index (χ1n) is 9.84. The van der Waals surface area contributed by atoms with E-state index < -0.39 is 0 Å². The van der Waals surface area contributed by atoms with E-state index in [1.165, 1.54) is 16.7 Å². The zero-order chi connectivity index (χ0) is 21.0. The fourth-order valence-corrected chi connectivity index (χ4v) is 3.71. The average molecular weight is 399 g/mol. The van der Waals surface area contributed by atoms with Crippen molar-refractivity contribution in [3.63, 3.8) is 0 Å². The smallest absolute Gasteiger partial charge is 0.254 e. The maximum atomic E-state index is 13.1. The normalized spacial score (nSPS) is 14.6. The summed E-state index contributed by atoms with van der Waals surface area (Å²) >= 11 is 0. The molecule has 0 unspecified atom stereocenters. The molecule has 1 aliphatic rings. The van der Waals surface area contributed by atoms with Crippen molar-refractivity contribution in [3.05, 3.63) is 52.6 Å². The van der Waals surface area contributed by atoms with E-state index in [2.05, 4.69) is 36.9 Å². The number of amides is 1. The molecule has 1 heterocycles. The Balaban J connectivity index is 1.68. The molecule has 6 nitrogen and oxygen atoms in total. The van der Waals surface area contributed by atoms with E-state index in [1.807, 2.05) is 4.90 Å². The maximum Gasteiger partial charge on any atom is 0.254 e. The highest BCUT2D eigenvalue weighted by Gasteiger charge is 2.25. The first-order valence-corrected chi connectivity index (χ1v) is 9.84. The van der Waals surface area contributed by atoms with Gasteiger partial charge in [-0.15, -0.1) is 0 Å². The lowest BCUT2D eigenvalue weighted by Gasteiger charge is -2.35. The molecule has 156 valence electrons. The van der Waals surface area contributed by atoms with E-state index >= 15 is 0 Å². The van der Waals surface area contributed by atoms with Crippen LogP contribution >= 0.6 is 0 Å². The van der Waals surface area contributed by atoms with Gasteiger partial charge in [0, 0.05) is 38.3 Å². The van der Waals surface area contributed by atoms with Crippen LogP contribution in [0.5, 0.6) is 17.2 Å². The third-order valence-electron chi connectivity index (χ3n) is 5.47. The number of carbonyl (C=O) groups excluding carboxylic acids is 1. The van der Waals surface area contributed by atoms with Crippen molar-refractivity contribution in [1.82, 2.24) is 9.80 Å². The van der Waals surface area contributed by atoms with Gasteiger partial charge in [-0.2, -0.15) is 0 Å². The summed E-state index contributed by atoms with van der Waals surface area (Å²) in [6, 6.07) is 10.0. The summed E-state index contributed by atoms with van der Waals surface area (Å²) in [5.74, 6) is 1.45. The Kier molecular flexibility index (Phi) is 6.64. The van der Waals surface area contributed by atoms with Gasteiger partial charge >= 0.3 is 0 Å². The van der Waals surface area contributed by atoms with Crippen molar-refractivity contribution in [2.24, 2.45) is 0 Å². The number of hydrogen-bond acceptors (Lipinski definition) is 5. The molecule has 0 N–H and O–H groups in total. The minimum Gasteiger partial charge on any atom is -0.493 e. The van der Waals surface area contributed by atoms with Crippen molar-refractivity contribution < 1.29 is 19.0 Å². The van der Waals surface area contributed by atoms with Crippen LogP contribution in [0.25, 0.3) is 0 Å². The van der Waals surface area contributed by atoms with Gasteiger partial charge in [0.25, 0.3) is 5.91 Å². The standard InChI is InChI=1S/C23H30N2O4/c1-16-6-7-17(2)19(12-16)15-24-8-10-25(11-9-24)23(26)18-13-20(27-3)22(29-5)21(14-18)28-4/h6-7,12-14H,8-11,15H2,1-5H3. The zero-order valence-electron chi connectivity index (χ0n) is 17.9. The molecule has 0 bridgehead atoms. The van der Waals surface area contributed by atoms with Crippen molar-refractivity contribution in [3.8, 4) is 17.2 Å². The molecule has 0 spiro atoms. The van der Waals surface area contributed by atoms with Crippen LogP contribution in [0.2, 0.25) is 0 Å². The lowest BCUT2D eigenvalue weighted by atomic mass is 10.0. The number of piperazine rings is 1. The summed E-state index contributed by atoms with van der Waals surface area (Å²) in [5, 5.41) is 0. The second kappa shape index (κ2) is 9.18. The van der Waals surface area contributed by atoms with Gasteiger partial charge in [0.15, 0.2) is 11.5 Å². The molecule has 1 saturated heterocycles. The summed E-state index contributed by atoms with van der Waals surface area (Å²) in [6.07, 6.45) is 0. The predicted molar refractivity (Wildman–Crippen MR) is 113 cm³/mol. The molecule has 3 rings (SSSR count). The molecular formula is C23H30N2O4. The minimum absolute atomic E-state index is 0.0179. The molecule has 0 atom stereocenters. The topological polar surface area (TPSA) is 51.2 Å². The number of ether oxygens (including phenoxy) is 3. The second-order valence-electron chi connectivity index (χ2n) is 7.41. The van der Waals surface area contributed by atoms with E-state index in [1.54, 1.807) is 33.5 Å². The molecule has 6 heteroatoms. The molecule has 1 fully saturated rings. The van der Waals surface area contributed by atoms with E-state index in [9.17, 15) is 4.79 Å². The number of rotatable bonds is 6. The Morgan fingerprint density at radius 2 is 1.52 bits per heavy atom. The monoisotopic (exact) mass is 398 g/mol. The van der Waals surface area contributed by atoms with Gasteiger partial charge in [0.1, 0.15) is 0 Å². The van der Waals surface area contributed by atoms with E-state index in [4.69, 9.17) is 14.2 Å². The molecule has 2 aromatic rings. The van der Waals surface area contributed by atoms with Crippen LogP contribution in [0.15, 0.2) is 30.3 Å². The van der Waals surface area contributed by atoms with Gasteiger partial charge in [0.05, 0.1) is 21.3 Å². The highest BCUT2D eigenvalue weighted by atomic mass is 16.5. The van der Waals surface area contributed by atoms with Crippen LogP contribution in [0.3, 0.4) is 0 Å². The Labute approximate surface area is 173 Å². The van der Waals surface area contributed by atoms with Crippen molar-refractivity contribution in [1.29, 1.82) is 0 Å². The number of carbonyl (C=O) groups is 1. The van der Waals surface area contributed by atoms with Crippen LogP contribution in [0, 0.1) is 13.8 Å². The summed E-state index contributed by atoms with van der Waals surface area (Å²) < 4.78 is 16.1. The molecule has 1 aliphatic heterocycles. The van der Waals surface area contributed by atoms with Gasteiger partial charge in [-0.1, -0.05) is 23.8 Å². The largest absolute Gasteiger partial charge is 0.493 e. The fraction of sp³-hybridized carbons (Fsp3) is 0.435. The first-order chi connectivity index (χ1) is 14.0. The quantitative estimate of drug-likeness (QED) is 0.747. The SMILES string of the molecule is COc1cc(C(=O)N2CCN(Cc3cc(C)ccc3C)CC2)cc(OC)c1OC. The number of benzene rings is 2. The second-order valence-corrected chi connectivity index (χ2v) is 7.41. The molecule has 29 heavy (non-hydrogen) atoms. The Morgan fingerprint density at radius 1 is 0.897 bits per heavy atom.